The van der Waals surface area contributed by atoms with Gasteiger partial charge < -0.3 is 10.3 Å². The fraction of sp³-hybridized carbons (Fsp3) is 0.0435. The van der Waals surface area contributed by atoms with Gasteiger partial charge in [0, 0.05) is 35.6 Å². The summed E-state index contributed by atoms with van der Waals surface area (Å²) in [6.45, 7) is 0. The summed E-state index contributed by atoms with van der Waals surface area (Å²) in [7, 11) is 0. The Labute approximate surface area is 173 Å². The summed E-state index contributed by atoms with van der Waals surface area (Å²) in [4.78, 5) is 16.7. The number of hydrogen-bond donors (Lipinski definition) is 3. The van der Waals surface area contributed by atoms with Gasteiger partial charge in [0.05, 0.1) is 17.2 Å². The molecule has 0 radical (unpaired) electrons. The fourth-order valence-corrected chi connectivity index (χ4v) is 3.25. The molecule has 0 amide bonds. The second-order valence-corrected chi connectivity index (χ2v) is 6.89. The van der Waals surface area contributed by atoms with E-state index in [0.29, 0.717) is 0 Å². The van der Waals surface area contributed by atoms with Gasteiger partial charge in [0.15, 0.2) is 0 Å². The Balaban J connectivity index is 1.38. The first kappa shape index (κ1) is 17.8. The van der Waals surface area contributed by atoms with Gasteiger partial charge in [0.25, 0.3) is 0 Å². The maximum atomic E-state index is 4.70. The molecule has 2 aromatic carbocycles. The minimum Gasteiger partial charge on any atom is -0.342 e. The fourth-order valence-electron chi connectivity index (χ4n) is 3.25. The van der Waals surface area contributed by atoms with Crippen LogP contribution in [0.2, 0.25) is 0 Å². The number of nitrogens with one attached hydrogen (secondary N) is 3. The highest BCUT2D eigenvalue weighted by Gasteiger charge is 2.07. The molecular formula is C23H19N7. The molecule has 0 bridgehead atoms. The zero-order valence-corrected chi connectivity index (χ0v) is 16.1. The predicted octanol–water partition coefficient (Wildman–Crippen LogP) is 4.58. The first-order valence-corrected chi connectivity index (χ1v) is 9.60. The van der Waals surface area contributed by atoms with Crippen molar-refractivity contribution in [3.05, 3.63) is 96.0 Å². The Hall–Kier alpha value is -4.26. The molecule has 0 unspecified atom stereocenters. The summed E-state index contributed by atoms with van der Waals surface area (Å²) in [6, 6.07) is 16.4. The molecule has 3 aromatic heterocycles. The Morgan fingerprint density at radius 3 is 2.80 bits per heavy atom. The minimum atomic E-state index is 0.730. The lowest BCUT2D eigenvalue weighted by Crippen LogP contribution is -1.97. The summed E-state index contributed by atoms with van der Waals surface area (Å²) < 4.78 is 0. The predicted molar refractivity (Wildman–Crippen MR) is 118 cm³/mol. The number of benzene rings is 2. The minimum absolute atomic E-state index is 0.730. The van der Waals surface area contributed by atoms with Crippen LogP contribution in [0.3, 0.4) is 0 Å². The quantitative estimate of drug-likeness (QED) is 0.392. The number of nitrogens with zero attached hydrogens (tertiary/aromatic N) is 4. The van der Waals surface area contributed by atoms with Crippen LogP contribution in [0.1, 0.15) is 22.5 Å². The van der Waals surface area contributed by atoms with E-state index >= 15 is 0 Å². The third-order valence-electron chi connectivity index (χ3n) is 4.72. The van der Waals surface area contributed by atoms with Crippen LogP contribution in [0.25, 0.3) is 23.2 Å². The van der Waals surface area contributed by atoms with Crippen LogP contribution in [0, 0.1) is 0 Å². The van der Waals surface area contributed by atoms with Crippen molar-refractivity contribution in [3.63, 3.8) is 0 Å². The van der Waals surface area contributed by atoms with Crippen molar-refractivity contribution in [3.8, 4) is 0 Å². The highest BCUT2D eigenvalue weighted by atomic mass is 15.1. The molecule has 146 valence electrons. The average Bonchev–Trinajstić information content (AvgIpc) is 3.43. The van der Waals surface area contributed by atoms with E-state index in [1.54, 1.807) is 12.4 Å². The van der Waals surface area contributed by atoms with Gasteiger partial charge in [-0.25, -0.2) is 15.0 Å². The highest BCUT2D eigenvalue weighted by molar-refractivity contribution is 5.82. The van der Waals surface area contributed by atoms with E-state index < -0.39 is 0 Å². The zero-order chi connectivity index (χ0) is 20.2. The van der Waals surface area contributed by atoms with Gasteiger partial charge in [-0.3, -0.25) is 5.10 Å². The van der Waals surface area contributed by atoms with Gasteiger partial charge in [-0.05, 0) is 29.8 Å². The molecule has 30 heavy (non-hydrogen) atoms. The third-order valence-corrected chi connectivity index (χ3v) is 4.72. The Bertz CT molecular complexity index is 1290. The molecule has 0 aliphatic carbocycles. The molecule has 7 nitrogen and oxygen atoms in total. The van der Waals surface area contributed by atoms with Crippen LogP contribution >= 0.6 is 0 Å². The molecule has 0 aliphatic heterocycles. The highest BCUT2D eigenvalue weighted by Crippen LogP contribution is 2.23. The van der Waals surface area contributed by atoms with E-state index in [1.807, 2.05) is 54.7 Å². The van der Waals surface area contributed by atoms with E-state index in [4.69, 9.17) is 4.98 Å². The van der Waals surface area contributed by atoms with Gasteiger partial charge in [-0.1, -0.05) is 36.4 Å². The summed E-state index contributed by atoms with van der Waals surface area (Å²) in [5.41, 5.74) is 5.94. The Morgan fingerprint density at radius 1 is 1.00 bits per heavy atom. The molecule has 0 spiro atoms. The van der Waals surface area contributed by atoms with Crippen LogP contribution in [-0.4, -0.2) is 30.1 Å². The van der Waals surface area contributed by atoms with Crippen molar-refractivity contribution < 1.29 is 0 Å². The van der Waals surface area contributed by atoms with E-state index in [1.165, 1.54) is 11.9 Å². The lowest BCUT2D eigenvalue weighted by Gasteiger charge is -2.08. The molecule has 5 aromatic rings. The Morgan fingerprint density at radius 2 is 1.93 bits per heavy atom. The molecule has 0 aliphatic rings. The van der Waals surface area contributed by atoms with E-state index in [0.717, 1.165) is 45.9 Å². The molecule has 0 atom stereocenters. The van der Waals surface area contributed by atoms with Crippen molar-refractivity contribution in [2.75, 3.05) is 5.32 Å². The zero-order valence-electron chi connectivity index (χ0n) is 16.1. The first-order chi connectivity index (χ1) is 14.8. The van der Waals surface area contributed by atoms with Crippen molar-refractivity contribution in [1.29, 1.82) is 0 Å². The third kappa shape index (κ3) is 3.95. The van der Waals surface area contributed by atoms with E-state index in [-0.39, 0.29) is 0 Å². The number of aromatic nitrogens is 6. The largest absolute Gasteiger partial charge is 0.342 e. The van der Waals surface area contributed by atoms with Crippen LogP contribution < -0.4 is 5.32 Å². The second kappa shape index (κ2) is 8.00. The number of aromatic amines is 2. The lowest BCUT2D eigenvalue weighted by atomic mass is 10.1. The molecule has 5 rings (SSSR count). The van der Waals surface area contributed by atoms with E-state index in [9.17, 15) is 0 Å². The van der Waals surface area contributed by atoms with Gasteiger partial charge in [-0.15, -0.1) is 0 Å². The molecule has 3 heterocycles. The molecule has 3 N–H and O–H groups in total. The van der Waals surface area contributed by atoms with E-state index in [2.05, 4.69) is 42.6 Å². The number of rotatable bonds is 6. The van der Waals surface area contributed by atoms with Crippen molar-refractivity contribution >= 4 is 34.7 Å². The summed E-state index contributed by atoms with van der Waals surface area (Å²) in [5.74, 6) is 1.67. The maximum absolute atomic E-state index is 4.70. The van der Waals surface area contributed by atoms with Gasteiger partial charge in [-0.2, -0.15) is 5.10 Å². The summed E-state index contributed by atoms with van der Waals surface area (Å²) in [6.07, 6.45) is 11.6. The normalized spacial score (nSPS) is 11.3. The summed E-state index contributed by atoms with van der Waals surface area (Å²) in [5, 5.41) is 10.1. The van der Waals surface area contributed by atoms with Gasteiger partial charge >= 0.3 is 0 Å². The van der Waals surface area contributed by atoms with Gasteiger partial charge in [0.1, 0.15) is 18.0 Å². The summed E-state index contributed by atoms with van der Waals surface area (Å²) >= 11 is 0. The van der Waals surface area contributed by atoms with Crippen molar-refractivity contribution in [2.45, 2.75) is 6.42 Å². The molecule has 7 heteroatoms. The number of anilines is 2. The van der Waals surface area contributed by atoms with Crippen molar-refractivity contribution in [1.82, 2.24) is 30.1 Å². The SMILES string of the molecule is C(=C\c1cncnc1Nc1ccc2nc(Cc3ccccc3)[nH]c2c1)/c1cn[nH]c1. The standard InChI is InChI=1S/C23H19N7/c1-2-4-16(5-3-1)10-22-29-20-9-8-19(11-21(20)30-22)28-23-18(14-24-15-25-23)7-6-17-12-26-27-13-17/h1-9,11-15H,10H2,(H,26,27)(H,29,30)(H,24,25,28)/b7-6+. The number of fused-ring (bicyclic) bond motifs is 1. The maximum Gasteiger partial charge on any atom is 0.141 e. The monoisotopic (exact) mass is 393 g/mol. The lowest BCUT2D eigenvalue weighted by molar-refractivity contribution is 1.04. The van der Waals surface area contributed by atoms with Crippen LogP contribution in [-0.2, 0) is 6.42 Å². The number of H-pyrrole nitrogens is 2. The van der Waals surface area contributed by atoms with Crippen LogP contribution in [0.15, 0.2) is 73.4 Å². The van der Waals surface area contributed by atoms with Crippen LogP contribution in [0.5, 0.6) is 0 Å². The first-order valence-electron chi connectivity index (χ1n) is 9.60. The van der Waals surface area contributed by atoms with Crippen LogP contribution in [0.4, 0.5) is 11.5 Å². The second-order valence-electron chi connectivity index (χ2n) is 6.89. The molecular weight excluding hydrogens is 374 g/mol. The number of hydrogen-bond acceptors (Lipinski definition) is 5. The smallest absolute Gasteiger partial charge is 0.141 e. The molecule has 0 saturated carbocycles. The average molecular weight is 393 g/mol. The number of imidazole rings is 1. The Kier molecular flexibility index (Phi) is 4.75. The topological polar surface area (TPSA) is 95.2 Å². The van der Waals surface area contributed by atoms with Crippen molar-refractivity contribution in [2.24, 2.45) is 0 Å². The molecule has 0 fully saturated rings. The molecule has 0 saturated heterocycles. The van der Waals surface area contributed by atoms with Gasteiger partial charge in [0.2, 0.25) is 0 Å².